The molecule has 0 aliphatic carbocycles. The van der Waals surface area contributed by atoms with Gasteiger partial charge in [-0.05, 0) is 36.4 Å². The molecule has 18 heavy (non-hydrogen) atoms. The van der Waals surface area contributed by atoms with Gasteiger partial charge in [0.25, 0.3) is 0 Å². The predicted octanol–water partition coefficient (Wildman–Crippen LogP) is 2.67. The quantitative estimate of drug-likeness (QED) is 0.886. The zero-order chi connectivity index (χ0) is 13.0. The normalized spacial score (nSPS) is 24.3. The Morgan fingerprint density at radius 1 is 1.33 bits per heavy atom. The first-order chi connectivity index (χ1) is 8.70. The number of piperidine rings is 1. The maximum Gasteiger partial charge on any atom is 0.0598 e. The van der Waals surface area contributed by atoms with Crippen LogP contribution in [-0.2, 0) is 6.54 Å². The largest absolute Gasteiger partial charge is 0.369 e. The van der Waals surface area contributed by atoms with E-state index in [2.05, 4.69) is 42.0 Å². The first kappa shape index (κ1) is 13.3. The van der Waals surface area contributed by atoms with Gasteiger partial charge in [0, 0.05) is 25.8 Å². The van der Waals surface area contributed by atoms with Gasteiger partial charge in [-0.1, -0.05) is 20.8 Å². The first-order valence-corrected chi connectivity index (χ1v) is 7.09. The van der Waals surface area contributed by atoms with Crippen LogP contribution in [0.1, 0.15) is 32.8 Å². The van der Waals surface area contributed by atoms with E-state index in [1.807, 2.05) is 12.4 Å². The third-order valence-electron chi connectivity index (χ3n) is 3.66. The van der Waals surface area contributed by atoms with Gasteiger partial charge in [0.15, 0.2) is 0 Å². The van der Waals surface area contributed by atoms with Crippen molar-refractivity contribution in [1.29, 1.82) is 0 Å². The van der Waals surface area contributed by atoms with Crippen LogP contribution in [0.4, 0.5) is 5.69 Å². The van der Waals surface area contributed by atoms with E-state index in [4.69, 9.17) is 0 Å². The lowest BCUT2D eigenvalue weighted by atomic mass is 9.91. The summed E-state index contributed by atoms with van der Waals surface area (Å²) in [6.07, 6.45) is 5.27. The molecule has 0 spiro atoms. The molecule has 1 aliphatic rings. The summed E-state index contributed by atoms with van der Waals surface area (Å²) < 4.78 is 0. The van der Waals surface area contributed by atoms with Crippen LogP contribution >= 0.6 is 0 Å². The van der Waals surface area contributed by atoms with Crippen LogP contribution in [0.3, 0.4) is 0 Å². The van der Waals surface area contributed by atoms with E-state index < -0.39 is 0 Å². The van der Waals surface area contributed by atoms with Gasteiger partial charge in [-0.25, -0.2) is 0 Å². The van der Waals surface area contributed by atoms with Crippen LogP contribution in [0.2, 0.25) is 0 Å². The highest BCUT2D eigenvalue weighted by Crippen LogP contribution is 2.28. The second-order valence-corrected chi connectivity index (χ2v) is 5.64. The van der Waals surface area contributed by atoms with Gasteiger partial charge in [-0.3, -0.25) is 4.98 Å². The van der Waals surface area contributed by atoms with Crippen LogP contribution in [0.25, 0.3) is 0 Å². The van der Waals surface area contributed by atoms with E-state index in [0.717, 1.165) is 38.0 Å². The summed E-state index contributed by atoms with van der Waals surface area (Å²) in [5.74, 6) is 1.56. The third kappa shape index (κ3) is 3.22. The molecule has 3 nitrogen and oxygen atoms in total. The molecule has 100 valence electrons. The Labute approximate surface area is 111 Å². The third-order valence-corrected chi connectivity index (χ3v) is 3.66. The number of aromatic nitrogens is 1. The molecular formula is C15H25N3. The van der Waals surface area contributed by atoms with Crippen molar-refractivity contribution in [3.8, 4) is 0 Å². The molecule has 1 N–H and O–H groups in total. The highest BCUT2D eigenvalue weighted by atomic mass is 15.1. The zero-order valence-electron chi connectivity index (χ0n) is 11.8. The highest BCUT2D eigenvalue weighted by Gasteiger charge is 2.23. The van der Waals surface area contributed by atoms with Crippen LogP contribution < -0.4 is 10.2 Å². The van der Waals surface area contributed by atoms with Crippen molar-refractivity contribution in [2.24, 2.45) is 11.8 Å². The standard InChI is InChI=1S/C15H25N3/c1-4-16-8-14-5-6-17-9-15(14)18-10-12(2)7-13(3)11-18/h5-6,9,12-13,16H,4,7-8,10-11H2,1-3H3. The Kier molecular flexibility index (Phi) is 4.59. The Hall–Kier alpha value is -1.09. The highest BCUT2D eigenvalue weighted by molar-refractivity contribution is 5.52. The van der Waals surface area contributed by atoms with Gasteiger partial charge < -0.3 is 10.2 Å². The van der Waals surface area contributed by atoms with E-state index in [0.29, 0.717) is 0 Å². The molecule has 0 amide bonds. The van der Waals surface area contributed by atoms with Gasteiger partial charge in [-0.15, -0.1) is 0 Å². The zero-order valence-corrected chi connectivity index (χ0v) is 11.8. The van der Waals surface area contributed by atoms with Crippen molar-refractivity contribution in [3.05, 3.63) is 24.0 Å². The SMILES string of the molecule is CCNCc1ccncc1N1CC(C)CC(C)C1. The fraction of sp³-hybridized carbons (Fsp3) is 0.667. The van der Waals surface area contributed by atoms with Gasteiger partial charge >= 0.3 is 0 Å². The van der Waals surface area contributed by atoms with Crippen molar-refractivity contribution in [2.75, 3.05) is 24.5 Å². The second kappa shape index (κ2) is 6.19. The van der Waals surface area contributed by atoms with Crippen LogP contribution in [0.15, 0.2) is 18.5 Å². The molecule has 0 radical (unpaired) electrons. The van der Waals surface area contributed by atoms with E-state index in [1.165, 1.54) is 17.7 Å². The van der Waals surface area contributed by atoms with E-state index in [9.17, 15) is 0 Å². The Morgan fingerprint density at radius 3 is 2.72 bits per heavy atom. The lowest BCUT2D eigenvalue weighted by Crippen LogP contribution is -2.39. The Bertz CT molecular complexity index is 368. The maximum absolute atomic E-state index is 4.31. The number of rotatable bonds is 4. The minimum Gasteiger partial charge on any atom is -0.369 e. The number of hydrogen-bond acceptors (Lipinski definition) is 3. The molecule has 0 aromatic carbocycles. The van der Waals surface area contributed by atoms with E-state index in [-0.39, 0.29) is 0 Å². The monoisotopic (exact) mass is 247 g/mol. The Balaban J connectivity index is 2.15. The predicted molar refractivity (Wildman–Crippen MR) is 76.8 cm³/mol. The van der Waals surface area contributed by atoms with Crippen LogP contribution in [-0.4, -0.2) is 24.6 Å². The van der Waals surface area contributed by atoms with Crippen molar-refractivity contribution >= 4 is 5.69 Å². The van der Waals surface area contributed by atoms with E-state index in [1.54, 1.807) is 0 Å². The first-order valence-electron chi connectivity index (χ1n) is 7.09. The minimum absolute atomic E-state index is 0.779. The summed E-state index contributed by atoms with van der Waals surface area (Å²) in [6.45, 7) is 11.1. The molecule has 3 heteroatoms. The topological polar surface area (TPSA) is 28.2 Å². The average Bonchev–Trinajstić information content (AvgIpc) is 2.35. The second-order valence-electron chi connectivity index (χ2n) is 5.64. The minimum atomic E-state index is 0.779. The molecule has 0 bridgehead atoms. The number of anilines is 1. The Morgan fingerprint density at radius 2 is 2.06 bits per heavy atom. The number of pyridine rings is 1. The smallest absolute Gasteiger partial charge is 0.0598 e. The molecular weight excluding hydrogens is 222 g/mol. The van der Waals surface area contributed by atoms with Gasteiger partial charge in [0.1, 0.15) is 0 Å². The summed E-state index contributed by atoms with van der Waals surface area (Å²) in [6, 6.07) is 2.14. The van der Waals surface area contributed by atoms with Crippen molar-refractivity contribution in [3.63, 3.8) is 0 Å². The van der Waals surface area contributed by atoms with Crippen molar-refractivity contribution in [2.45, 2.75) is 33.7 Å². The maximum atomic E-state index is 4.31. The van der Waals surface area contributed by atoms with Crippen LogP contribution in [0.5, 0.6) is 0 Å². The number of nitrogens with one attached hydrogen (secondary N) is 1. The van der Waals surface area contributed by atoms with Crippen molar-refractivity contribution in [1.82, 2.24) is 10.3 Å². The summed E-state index contributed by atoms with van der Waals surface area (Å²) in [5, 5.41) is 3.41. The summed E-state index contributed by atoms with van der Waals surface area (Å²) in [4.78, 5) is 6.82. The molecule has 1 aromatic heterocycles. The van der Waals surface area contributed by atoms with Gasteiger partial charge in [0.05, 0.1) is 11.9 Å². The molecule has 2 heterocycles. The molecule has 0 saturated carbocycles. The molecule has 2 unspecified atom stereocenters. The summed E-state index contributed by atoms with van der Waals surface area (Å²) in [5.41, 5.74) is 2.69. The lowest BCUT2D eigenvalue weighted by molar-refractivity contribution is 0.356. The summed E-state index contributed by atoms with van der Waals surface area (Å²) in [7, 11) is 0. The van der Waals surface area contributed by atoms with Gasteiger partial charge in [-0.2, -0.15) is 0 Å². The molecule has 1 saturated heterocycles. The average molecular weight is 247 g/mol. The lowest BCUT2D eigenvalue weighted by Gasteiger charge is -2.37. The summed E-state index contributed by atoms with van der Waals surface area (Å²) >= 11 is 0. The molecule has 2 rings (SSSR count). The number of nitrogens with zero attached hydrogens (tertiary/aromatic N) is 2. The molecule has 2 atom stereocenters. The fourth-order valence-corrected chi connectivity index (χ4v) is 2.97. The fourth-order valence-electron chi connectivity index (χ4n) is 2.97. The molecule has 1 fully saturated rings. The molecule has 1 aromatic rings. The van der Waals surface area contributed by atoms with Crippen molar-refractivity contribution < 1.29 is 0 Å². The molecule has 1 aliphatic heterocycles. The van der Waals surface area contributed by atoms with Gasteiger partial charge in [0.2, 0.25) is 0 Å². The van der Waals surface area contributed by atoms with E-state index >= 15 is 0 Å². The number of hydrogen-bond donors (Lipinski definition) is 1. The van der Waals surface area contributed by atoms with Crippen LogP contribution in [0, 0.1) is 11.8 Å².